The van der Waals surface area contributed by atoms with Gasteiger partial charge < -0.3 is 15.1 Å². The fourth-order valence-electron chi connectivity index (χ4n) is 4.53. The number of hydrogen-bond acceptors (Lipinski definition) is 4. The molecule has 7 heteroatoms. The van der Waals surface area contributed by atoms with Gasteiger partial charge in [0.25, 0.3) is 5.91 Å². The Morgan fingerprint density at radius 3 is 1.70 bits per heavy atom. The average Bonchev–Trinajstić information content (AvgIpc) is 3.14. The molecule has 1 amide bonds. The SMILES string of the molecule is O=C(O)C(=O)O.O=C(c1ccc(-c2ccccc2)cc1)N1CCN(C2CCCCCC2)CC1. The number of aliphatic carboxylic acids is 2. The fourth-order valence-corrected chi connectivity index (χ4v) is 4.53. The van der Waals surface area contributed by atoms with Gasteiger partial charge in [-0.15, -0.1) is 0 Å². The van der Waals surface area contributed by atoms with E-state index in [1.165, 1.54) is 44.1 Å². The van der Waals surface area contributed by atoms with Crippen LogP contribution < -0.4 is 0 Å². The molecule has 2 aromatic rings. The summed E-state index contributed by atoms with van der Waals surface area (Å²) in [4.78, 5) is 35.8. The topological polar surface area (TPSA) is 98.1 Å². The molecule has 1 aliphatic carbocycles. The van der Waals surface area contributed by atoms with E-state index in [1.54, 1.807) is 0 Å². The number of carbonyl (C=O) groups excluding carboxylic acids is 1. The van der Waals surface area contributed by atoms with Crippen LogP contribution in [0.5, 0.6) is 0 Å². The maximum atomic E-state index is 12.9. The highest BCUT2D eigenvalue weighted by Crippen LogP contribution is 2.24. The Kier molecular flexibility index (Phi) is 9.01. The van der Waals surface area contributed by atoms with Crippen molar-refractivity contribution in [2.75, 3.05) is 26.2 Å². The van der Waals surface area contributed by atoms with Gasteiger partial charge in [-0.05, 0) is 36.1 Å². The van der Waals surface area contributed by atoms with Crippen molar-refractivity contribution in [1.29, 1.82) is 0 Å². The predicted octanol–water partition coefficient (Wildman–Crippen LogP) is 3.99. The molecule has 1 heterocycles. The van der Waals surface area contributed by atoms with Crippen molar-refractivity contribution < 1.29 is 24.6 Å². The van der Waals surface area contributed by atoms with Gasteiger partial charge in [0.2, 0.25) is 0 Å². The second kappa shape index (κ2) is 12.2. The molecule has 0 unspecified atom stereocenters. The second-order valence-electron chi connectivity index (χ2n) is 8.53. The largest absolute Gasteiger partial charge is 0.473 e. The van der Waals surface area contributed by atoms with Crippen molar-refractivity contribution in [1.82, 2.24) is 9.80 Å². The van der Waals surface area contributed by atoms with Crippen molar-refractivity contribution in [3.63, 3.8) is 0 Å². The summed E-state index contributed by atoms with van der Waals surface area (Å²) in [7, 11) is 0. The fraction of sp³-hybridized carbons (Fsp3) is 0.423. The Morgan fingerprint density at radius 1 is 0.667 bits per heavy atom. The van der Waals surface area contributed by atoms with E-state index in [-0.39, 0.29) is 5.91 Å². The predicted molar refractivity (Wildman–Crippen MR) is 126 cm³/mol. The molecule has 1 aliphatic heterocycles. The molecule has 0 aromatic heterocycles. The maximum absolute atomic E-state index is 12.9. The minimum absolute atomic E-state index is 0.176. The molecular formula is C26H32N2O5. The smallest absolute Gasteiger partial charge is 0.414 e. The molecule has 0 atom stereocenters. The maximum Gasteiger partial charge on any atom is 0.414 e. The summed E-state index contributed by atoms with van der Waals surface area (Å²) in [6.45, 7) is 3.77. The highest BCUT2D eigenvalue weighted by Gasteiger charge is 2.27. The van der Waals surface area contributed by atoms with Crippen molar-refractivity contribution in [3.05, 3.63) is 60.2 Å². The lowest BCUT2D eigenvalue weighted by atomic mass is 10.0. The van der Waals surface area contributed by atoms with Crippen LogP contribution in [0.1, 0.15) is 48.9 Å². The average molecular weight is 453 g/mol. The molecule has 4 rings (SSSR count). The van der Waals surface area contributed by atoms with Gasteiger partial charge in [-0.1, -0.05) is 68.1 Å². The number of carboxylic acids is 2. The molecule has 2 aromatic carbocycles. The number of benzene rings is 2. The Morgan fingerprint density at radius 2 is 1.18 bits per heavy atom. The Hall–Kier alpha value is -3.19. The first-order chi connectivity index (χ1) is 16.0. The number of rotatable bonds is 3. The van der Waals surface area contributed by atoms with Crippen molar-refractivity contribution in [2.45, 2.75) is 44.6 Å². The van der Waals surface area contributed by atoms with E-state index in [0.717, 1.165) is 43.3 Å². The molecule has 0 bridgehead atoms. The molecule has 0 spiro atoms. The molecule has 2 aliphatic rings. The third kappa shape index (κ3) is 7.15. The highest BCUT2D eigenvalue weighted by molar-refractivity contribution is 6.27. The van der Waals surface area contributed by atoms with Gasteiger partial charge in [0, 0.05) is 37.8 Å². The quantitative estimate of drug-likeness (QED) is 0.540. The minimum Gasteiger partial charge on any atom is -0.473 e. The monoisotopic (exact) mass is 452 g/mol. The van der Waals surface area contributed by atoms with Crippen LogP contribution in [0, 0.1) is 0 Å². The van der Waals surface area contributed by atoms with Crippen molar-refractivity contribution in [2.24, 2.45) is 0 Å². The first-order valence-corrected chi connectivity index (χ1v) is 11.6. The number of piperazine rings is 1. The zero-order chi connectivity index (χ0) is 23.6. The molecule has 2 fully saturated rings. The third-order valence-electron chi connectivity index (χ3n) is 6.36. The molecule has 1 saturated heterocycles. The zero-order valence-electron chi connectivity index (χ0n) is 18.9. The number of carboxylic acid groups (broad SMARTS) is 2. The molecule has 7 nitrogen and oxygen atoms in total. The van der Waals surface area contributed by atoms with E-state index in [0.29, 0.717) is 0 Å². The van der Waals surface area contributed by atoms with E-state index >= 15 is 0 Å². The lowest BCUT2D eigenvalue weighted by Crippen LogP contribution is -2.51. The minimum atomic E-state index is -1.82. The first-order valence-electron chi connectivity index (χ1n) is 11.6. The van der Waals surface area contributed by atoms with Gasteiger partial charge in [0.15, 0.2) is 0 Å². The van der Waals surface area contributed by atoms with Crippen LogP contribution >= 0.6 is 0 Å². The van der Waals surface area contributed by atoms with Crippen molar-refractivity contribution >= 4 is 17.8 Å². The van der Waals surface area contributed by atoms with Gasteiger partial charge in [-0.3, -0.25) is 9.69 Å². The summed E-state index contributed by atoms with van der Waals surface area (Å²) in [5.41, 5.74) is 3.15. The van der Waals surface area contributed by atoms with Crippen LogP contribution in [0.3, 0.4) is 0 Å². The second-order valence-corrected chi connectivity index (χ2v) is 8.53. The Labute approximate surface area is 194 Å². The van der Waals surface area contributed by atoms with Gasteiger partial charge >= 0.3 is 11.9 Å². The Balaban J connectivity index is 0.000000454. The van der Waals surface area contributed by atoms with Crippen LogP contribution in [0.4, 0.5) is 0 Å². The van der Waals surface area contributed by atoms with Gasteiger partial charge in [-0.25, -0.2) is 9.59 Å². The number of hydrogen-bond donors (Lipinski definition) is 2. The van der Waals surface area contributed by atoms with Gasteiger partial charge in [0.05, 0.1) is 0 Å². The molecule has 2 N–H and O–H groups in total. The Bertz CT molecular complexity index is 901. The van der Waals surface area contributed by atoms with Crippen LogP contribution in [0.2, 0.25) is 0 Å². The number of carbonyl (C=O) groups is 3. The van der Waals surface area contributed by atoms with Crippen LogP contribution in [-0.4, -0.2) is 70.1 Å². The molecule has 1 saturated carbocycles. The normalized spacial score (nSPS) is 17.4. The molecular weight excluding hydrogens is 420 g/mol. The number of nitrogens with zero attached hydrogens (tertiary/aromatic N) is 2. The lowest BCUT2D eigenvalue weighted by molar-refractivity contribution is -0.159. The summed E-state index contributed by atoms with van der Waals surface area (Å²) in [6.07, 6.45) is 8.22. The lowest BCUT2D eigenvalue weighted by Gasteiger charge is -2.39. The summed E-state index contributed by atoms with van der Waals surface area (Å²) in [5.74, 6) is -3.47. The molecule has 176 valence electrons. The van der Waals surface area contributed by atoms with E-state index in [2.05, 4.69) is 29.2 Å². The third-order valence-corrected chi connectivity index (χ3v) is 6.36. The first kappa shape index (κ1) is 24.5. The summed E-state index contributed by atoms with van der Waals surface area (Å²) in [5, 5.41) is 14.8. The van der Waals surface area contributed by atoms with E-state index in [1.807, 2.05) is 35.2 Å². The van der Waals surface area contributed by atoms with E-state index < -0.39 is 11.9 Å². The van der Waals surface area contributed by atoms with Crippen LogP contribution in [-0.2, 0) is 9.59 Å². The summed E-state index contributed by atoms with van der Waals surface area (Å²) >= 11 is 0. The molecule has 33 heavy (non-hydrogen) atoms. The number of amides is 1. The summed E-state index contributed by atoms with van der Waals surface area (Å²) in [6, 6.07) is 19.1. The molecule has 0 radical (unpaired) electrons. The standard InChI is InChI=1S/C24H30N2O.C2H2O4/c27-24(22-14-12-21(13-15-22)20-8-4-3-5-9-20)26-18-16-25(17-19-26)23-10-6-1-2-7-11-23;3-1(4)2(5)6/h3-5,8-9,12-15,23H,1-2,6-7,10-11,16-19H2;(H,3,4)(H,5,6). The zero-order valence-corrected chi connectivity index (χ0v) is 18.9. The summed E-state index contributed by atoms with van der Waals surface area (Å²) < 4.78 is 0. The van der Waals surface area contributed by atoms with Crippen LogP contribution in [0.15, 0.2) is 54.6 Å². The van der Waals surface area contributed by atoms with E-state index in [9.17, 15) is 4.79 Å². The van der Waals surface area contributed by atoms with Crippen LogP contribution in [0.25, 0.3) is 11.1 Å². The van der Waals surface area contributed by atoms with Gasteiger partial charge in [-0.2, -0.15) is 0 Å². The van der Waals surface area contributed by atoms with Crippen molar-refractivity contribution in [3.8, 4) is 11.1 Å². The van der Waals surface area contributed by atoms with E-state index in [4.69, 9.17) is 19.8 Å². The van der Waals surface area contributed by atoms with Gasteiger partial charge in [0.1, 0.15) is 0 Å². The highest BCUT2D eigenvalue weighted by atomic mass is 16.4.